The first-order chi connectivity index (χ1) is 12.8. The fraction of sp³-hybridized carbons (Fsp3) is 0.550. The van der Waals surface area contributed by atoms with E-state index in [0.29, 0.717) is 24.5 Å². The van der Waals surface area contributed by atoms with Gasteiger partial charge >= 0.3 is 5.97 Å². The van der Waals surface area contributed by atoms with Crippen LogP contribution in [-0.4, -0.2) is 47.1 Å². The lowest BCUT2D eigenvalue weighted by Gasteiger charge is -2.33. The number of thioether (sulfide) groups is 1. The van der Waals surface area contributed by atoms with Crippen LogP contribution in [0.4, 0.5) is 0 Å². The van der Waals surface area contributed by atoms with Crippen LogP contribution in [0.3, 0.4) is 0 Å². The lowest BCUT2D eigenvalue weighted by Crippen LogP contribution is -2.47. The summed E-state index contributed by atoms with van der Waals surface area (Å²) in [6, 6.07) is 9.16. The molecule has 2 aliphatic heterocycles. The second-order valence-electron chi connectivity index (χ2n) is 7.45. The minimum atomic E-state index is -0.652. The fourth-order valence-corrected chi connectivity index (χ4v) is 5.15. The molecule has 7 heteroatoms. The quantitative estimate of drug-likeness (QED) is 0.754. The van der Waals surface area contributed by atoms with Crippen LogP contribution in [0.5, 0.6) is 0 Å². The SMILES string of the molecule is CC(C)[C@@H](C)NC(=O)COC(=O)[C@@H]1CS[C@@]2(c3ccccc3)CCC(=O)N12. The highest BCUT2D eigenvalue weighted by molar-refractivity contribution is 8.00. The van der Waals surface area contributed by atoms with Gasteiger partial charge in [-0.05, 0) is 24.8 Å². The maximum Gasteiger partial charge on any atom is 0.330 e. The molecule has 2 heterocycles. The third-order valence-corrected chi connectivity index (χ3v) is 6.95. The van der Waals surface area contributed by atoms with Gasteiger partial charge in [-0.3, -0.25) is 9.59 Å². The summed E-state index contributed by atoms with van der Waals surface area (Å²) in [6.07, 6.45) is 1.09. The molecular formula is C20H26N2O4S. The summed E-state index contributed by atoms with van der Waals surface area (Å²) in [5.41, 5.74) is 1.03. The van der Waals surface area contributed by atoms with Gasteiger partial charge in [0.1, 0.15) is 10.9 Å². The smallest absolute Gasteiger partial charge is 0.330 e. The van der Waals surface area contributed by atoms with Gasteiger partial charge in [-0.15, -0.1) is 11.8 Å². The Morgan fingerprint density at radius 3 is 2.67 bits per heavy atom. The van der Waals surface area contributed by atoms with Crippen molar-refractivity contribution in [3.8, 4) is 0 Å². The summed E-state index contributed by atoms with van der Waals surface area (Å²) in [4.78, 5) is 38.3. The summed E-state index contributed by atoms with van der Waals surface area (Å²) in [7, 11) is 0. The van der Waals surface area contributed by atoms with Crippen molar-refractivity contribution in [3.63, 3.8) is 0 Å². The van der Waals surface area contributed by atoms with Crippen molar-refractivity contribution in [2.24, 2.45) is 5.92 Å². The average molecular weight is 391 g/mol. The number of nitrogens with zero attached hydrogens (tertiary/aromatic N) is 1. The standard InChI is InChI=1S/C20H26N2O4S/c1-13(2)14(3)21-17(23)11-26-19(25)16-12-27-20(10-9-18(24)22(16)20)15-7-5-4-6-8-15/h4-8,13-14,16H,9-12H2,1-3H3,(H,21,23)/t14-,16+,20-/m1/s1. The number of esters is 1. The summed E-state index contributed by atoms with van der Waals surface area (Å²) in [5.74, 6) is -0.0998. The molecule has 1 N–H and O–H groups in total. The van der Waals surface area contributed by atoms with E-state index in [4.69, 9.17) is 4.74 Å². The summed E-state index contributed by atoms with van der Waals surface area (Å²) in [5, 5.41) is 2.81. The minimum absolute atomic E-state index is 0.00382. The van der Waals surface area contributed by atoms with E-state index < -0.39 is 16.9 Å². The second-order valence-corrected chi connectivity index (χ2v) is 8.75. The number of carbonyl (C=O) groups excluding carboxylic acids is 3. The van der Waals surface area contributed by atoms with Crippen molar-refractivity contribution < 1.29 is 19.1 Å². The topological polar surface area (TPSA) is 75.7 Å². The molecule has 0 spiro atoms. The number of rotatable bonds is 6. The van der Waals surface area contributed by atoms with Gasteiger partial charge in [-0.2, -0.15) is 0 Å². The molecule has 0 radical (unpaired) electrons. The predicted octanol–water partition coefficient (Wildman–Crippen LogP) is 2.28. The molecule has 0 unspecified atom stereocenters. The highest BCUT2D eigenvalue weighted by Gasteiger charge is 2.57. The number of fused-ring (bicyclic) bond motifs is 1. The van der Waals surface area contributed by atoms with Crippen LogP contribution in [0.1, 0.15) is 39.2 Å². The van der Waals surface area contributed by atoms with Crippen LogP contribution >= 0.6 is 11.8 Å². The van der Waals surface area contributed by atoms with Gasteiger partial charge < -0.3 is 15.0 Å². The Labute approximate surface area is 164 Å². The molecule has 2 saturated heterocycles. The Bertz CT molecular complexity index is 724. The molecule has 2 aliphatic rings. The van der Waals surface area contributed by atoms with Gasteiger partial charge in [0.25, 0.3) is 5.91 Å². The number of ether oxygens (including phenoxy) is 1. The number of hydrogen-bond acceptors (Lipinski definition) is 5. The highest BCUT2D eigenvalue weighted by Crippen LogP contribution is 2.54. The Balaban J connectivity index is 1.66. The van der Waals surface area contributed by atoms with Gasteiger partial charge in [0.15, 0.2) is 6.61 Å². The average Bonchev–Trinajstić information content (AvgIpc) is 3.20. The van der Waals surface area contributed by atoms with Crippen molar-refractivity contribution in [1.82, 2.24) is 10.2 Å². The lowest BCUT2D eigenvalue weighted by atomic mass is 10.0. The van der Waals surface area contributed by atoms with Crippen LogP contribution in [0.25, 0.3) is 0 Å². The Hall–Kier alpha value is -2.02. The molecular weight excluding hydrogens is 364 g/mol. The third kappa shape index (κ3) is 3.83. The summed E-state index contributed by atoms with van der Waals surface area (Å²) < 4.78 is 5.25. The normalized spacial score (nSPS) is 25.4. The van der Waals surface area contributed by atoms with E-state index in [1.807, 2.05) is 51.1 Å². The first-order valence-electron chi connectivity index (χ1n) is 9.33. The maximum atomic E-state index is 12.6. The van der Waals surface area contributed by atoms with Gasteiger partial charge in [-0.25, -0.2) is 4.79 Å². The van der Waals surface area contributed by atoms with Crippen molar-refractivity contribution in [3.05, 3.63) is 35.9 Å². The molecule has 3 rings (SSSR count). The number of hydrogen-bond donors (Lipinski definition) is 1. The number of carbonyl (C=O) groups is 3. The zero-order chi connectivity index (χ0) is 19.6. The molecule has 6 nitrogen and oxygen atoms in total. The van der Waals surface area contributed by atoms with E-state index in [-0.39, 0.29) is 24.5 Å². The fourth-order valence-electron chi connectivity index (χ4n) is 3.51. The first kappa shape index (κ1) is 19.7. The Morgan fingerprint density at radius 2 is 2.00 bits per heavy atom. The number of benzene rings is 1. The maximum absolute atomic E-state index is 12.6. The van der Waals surface area contributed by atoms with Crippen LogP contribution in [0.2, 0.25) is 0 Å². The Kier molecular flexibility index (Phi) is 5.79. The zero-order valence-corrected chi connectivity index (χ0v) is 16.8. The number of amides is 2. The minimum Gasteiger partial charge on any atom is -0.454 e. The summed E-state index contributed by atoms with van der Waals surface area (Å²) in [6.45, 7) is 5.61. The van der Waals surface area contributed by atoms with Crippen LogP contribution < -0.4 is 5.32 Å². The van der Waals surface area contributed by atoms with E-state index in [9.17, 15) is 14.4 Å². The first-order valence-corrected chi connectivity index (χ1v) is 10.3. The molecule has 0 aliphatic carbocycles. The molecule has 3 atom stereocenters. The molecule has 0 saturated carbocycles. The number of nitrogens with one attached hydrogen (secondary N) is 1. The zero-order valence-electron chi connectivity index (χ0n) is 15.9. The highest BCUT2D eigenvalue weighted by atomic mass is 32.2. The van der Waals surface area contributed by atoms with Crippen LogP contribution in [-0.2, 0) is 24.0 Å². The predicted molar refractivity (Wildman–Crippen MR) is 104 cm³/mol. The van der Waals surface area contributed by atoms with E-state index in [0.717, 1.165) is 5.56 Å². The summed E-state index contributed by atoms with van der Waals surface area (Å²) >= 11 is 1.61. The van der Waals surface area contributed by atoms with Crippen molar-refractivity contribution in [1.29, 1.82) is 0 Å². The van der Waals surface area contributed by atoms with E-state index in [2.05, 4.69) is 5.32 Å². The molecule has 27 heavy (non-hydrogen) atoms. The van der Waals surface area contributed by atoms with Gasteiger partial charge in [-0.1, -0.05) is 44.2 Å². The van der Waals surface area contributed by atoms with Crippen molar-refractivity contribution in [2.75, 3.05) is 12.4 Å². The van der Waals surface area contributed by atoms with E-state index in [1.54, 1.807) is 16.7 Å². The third-order valence-electron chi connectivity index (χ3n) is 5.36. The van der Waals surface area contributed by atoms with Crippen LogP contribution in [0, 0.1) is 5.92 Å². The molecule has 0 aromatic heterocycles. The lowest BCUT2D eigenvalue weighted by molar-refractivity contribution is -0.156. The van der Waals surface area contributed by atoms with Gasteiger partial charge in [0, 0.05) is 18.2 Å². The molecule has 1 aromatic rings. The largest absolute Gasteiger partial charge is 0.454 e. The van der Waals surface area contributed by atoms with Crippen LogP contribution in [0.15, 0.2) is 30.3 Å². The van der Waals surface area contributed by atoms with E-state index >= 15 is 0 Å². The Morgan fingerprint density at radius 1 is 1.30 bits per heavy atom. The second kappa shape index (κ2) is 7.92. The molecule has 2 amide bonds. The van der Waals surface area contributed by atoms with E-state index in [1.165, 1.54) is 0 Å². The molecule has 1 aromatic carbocycles. The molecule has 146 valence electrons. The molecule has 0 bridgehead atoms. The van der Waals surface area contributed by atoms with Crippen molar-refractivity contribution in [2.45, 2.75) is 50.6 Å². The van der Waals surface area contributed by atoms with Gasteiger partial charge in [0.2, 0.25) is 5.91 Å². The van der Waals surface area contributed by atoms with Gasteiger partial charge in [0.05, 0.1) is 0 Å². The molecule has 2 fully saturated rings. The monoisotopic (exact) mass is 390 g/mol. The van der Waals surface area contributed by atoms with Crippen molar-refractivity contribution >= 4 is 29.5 Å².